The second kappa shape index (κ2) is 9.03. The number of aliphatic imine (C=N–C) groups is 2. The van der Waals surface area contributed by atoms with E-state index in [0.717, 1.165) is 45.3 Å². The molecule has 32 heavy (non-hydrogen) atoms. The molecule has 0 fully saturated rings. The zero-order chi connectivity index (χ0) is 21.6. The van der Waals surface area contributed by atoms with Gasteiger partial charge in [0.25, 0.3) is 0 Å². The molecular formula is C28H20N4. The summed E-state index contributed by atoms with van der Waals surface area (Å²) in [6, 6.07) is 15.9. The maximum Gasteiger partial charge on any atom is 0.0864 e. The van der Waals surface area contributed by atoms with E-state index in [1.807, 2.05) is 97.1 Å². The van der Waals surface area contributed by atoms with Crippen LogP contribution in [-0.4, -0.2) is 12.4 Å². The molecule has 1 heterocycles. The van der Waals surface area contributed by atoms with Gasteiger partial charge in [0.15, 0.2) is 0 Å². The van der Waals surface area contributed by atoms with Gasteiger partial charge in [0.05, 0.1) is 34.1 Å². The molecule has 0 saturated heterocycles. The molecule has 2 aromatic carbocycles. The van der Waals surface area contributed by atoms with Gasteiger partial charge in [-0.1, -0.05) is 36.4 Å². The molecule has 2 aromatic rings. The molecular weight excluding hydrogens is 392 g/mol. The maximum atomic E-state index is 4.72. The van der Waals surface area contributed by atoms with E-state index in [4.69, 9.17) is 9.98 Å². The minimum atomic E-state index is 0.835. The number of hydrogen-bond donors (Lipinski definition) is 2. The zero-order valence-corrected chi connectivity index (χ0v) is 17.3. The van der Waals surface area contributed by atoms with Gasteiger partial charge in [0.1, 0.15) is 0 Å². The molecule has 0 saturated carbocycles. The van der Waals surface area contributed by atoms with Crippen molar-refractivity contribution in [3.05, 3.63) is 131 Å². The fraction of sp³-hybridized carbons (Fsp3) is 0. The van der Waals surface area contributed by atoms with E-state index in [9.17, 15) is 0 Å². The van der Waals surface area contributed by atoms with E-state index >= 15 is 0 Å². The van der Waals surface area contributed by atoms with Crippen LogP contribution in [0, 0.1) is 0 Å². The predicted octanol–water partition coefficient (Wildman–Crippen LogP) is 6.70. The first-order valence-electron chi connectivity index (χ1n) is 10.4. The molecule has 0 amide bonds. The summed E-state index contributed by atoms with van der Waals surface area (Å²) in [5, 5.41) is 7.00. The number of rotatable bonds is 2. The molecule has 0 aromatic heterocycles. The number of nitrogens with one attached hydrogen (secondary N) is 2. The van der Waals surface area contributed by atoms with Crippen LogP contribution in [0.3, 0.4) is 0 Å². The number of anilines is 2. The van der Waals surface area contributed by atoms with Gasteiger partial charge in [-0.25, -0.2) is 0 Å². The van der Waals surface area contributed by atoms with Crippen LogP contribution in [0.5, 0.6) is 0 Å². The molecule has 0 radical (unpaired) electrons. The molecule has 0 bridgehead atoms. The average molecular weight is 412 g/mol. The third-order valence-electron chi connectivity index (χ3n) is 5.03. The highest BCUT2D eigenvalue weighted by Gasteiger charge is 2.09. The van der Waals surface area contributed by atoms with Crippen molar-refractivity contribution in [3.63, 3.8) is 0 Å². The van der Waals surface area contributed by atoms with E-state index in [-0.39, 0.29) is 0 Å². The predicted molar refractivity (Wildman–Crippen MR) is 134 cm³/mol. The Hall–Kier alpha value is -4.62. The van der Waals surface area contributed by atoms with Gasteiger partial charge in [-0.2, -0.15) is 0 Å². The second-order valence-electron chi connectivity index (χ2n) is 7.17. The van der Waals surface area contributed by atoms with Crippen LogP contribution in [0.1, 0.15) is 0 Å². The van der Waals surface area contributed by atoms with Crippen molar-refractivity contribution in [3.8, 4) is 0 Å². The number of fused-ring (bicyclic) bond motifs is 2. The zero-order valence-electron chi connectivity index (χ0n) is 17.3. The van der Waals surface area contributed by atoms with E-state index in [1.54, 1.807) is 12.4 Å². The minimum Gasteiger partial charge on any atom is -0.353 e. The number of nitrogens with zero attached hydrogens (tertiary/aromatic N) is 2. The van der Waals surface area contributed by atoms with Crippen molar-refractivity contribution in [2.75, 3.05) is 10.6 Å². The SMILES string of the molecule is C1=CC=CC=1/C1=C/C=Nc2ccccc2N/C(C2=C=CC=C2)=C\C=Nc2ccccc2N1. The summed E-state index contributed by atoms with van der Waals surface area (Å²) in [5.41, 5.74) is 13.7. The lowest BCUT2D eigenvalue weighted by Gasteiger charge is -2.14. The highest BCUT2D eigenvalue weighted by Crippen LogP contribution is 2.30. The molecule has 0 unspecified atom stereocenters. The molecule has 5 rings (SSSR count). The molecule has 2 aliphatic carbocycles. The van der Waals surface area contributed by atoms with Crippen LogP contribution in [0.25, 0.3) is 0 Å². The molecule has 3 aliphatic rings. The molecule has 0 spiro atoms. The summed E-state index contributed by atoms with van der Waals surface area (Å²) in [6.07, 6.45) is 19.3. The second-order valence-corrected chi connectivity index (χ2v) is 7.17. The Morgan fingerprint density at radius 3 is 1.50 bits per heavy atom. The Bertz CT molecular complexity index is 1270. The fourth-order valence-electron chi connectivity index (χ4n) is 3.45. The maximum absolute atomic E-state index is 4.72. The van der Waals surface area contributed by atoms with Crippen molar-refractivity contribution in [2.45, 2.75) is 0 Å². The Morgan fingerprint density at radius 2 is 1.06 bits per heavy atom. The minimum absolute atomic E-state index is 0.835. The van der Waals surface area contributed by atoms with Gasteiger partial charge in [-0.3, -0.25) is 9.98 Å². The van der Waals surface area contributed by atoms with Crippen LogP contribution >= 0.6 is 0 Å². The van der Waals surface area contributed by atoms with Crippen LogP contribution in [-0.2, 0) is 0 Å². The number of hydrogen-bond acceptors (Lipinski definition) is 4. The number of allylic oxidation sites excluding steroid dienone is 6. The standard InChI is InChI=1S/C28H20N4/c1-2-10-21(9-1)23-17-19-29-26-14-6-8-16-28(26)32-24(22-11-3-4-12-22)18-20-30-25-13-5-7-15-27(25)31-23/h1-9,11,13-20,31-32H/b23-17-,24-18-,29-19?,30-20?. The summed E-state index contributed by atoms with van der Waals surface area (Å²) in [7, 11) is 0. The lowest BCUT2D eigenvalue weighted by molar-refractivity contribution is 1.39. The Labute approximate surface area is 187 Å². The van der Waals surface area contributed by atoms with Crippen molar-refractivity contribution < 1.29 is 0 Å². The highest BCUT2D eigenvalue weighted by atomic mass is 14.9. The fourth-order valence-corrected chi connectivity index (χ4v) is 3.45. The van der Waals surface area contributed by atoms with Gasteiger partial charge in [-0.05, 0) is 60.7 Å². The first-order chi connectivity index (χ1) is 15.9. The number of benzene rings is 2. The lowest BCUT2D eigenvalue weighted by atomic mass is 10.1. The Balaban J connectivity index is 1.63. The van der Waals surface area contributed by atoms with E-state index in [1.165, 1.54) is 0 Å². The summed E-state index contributed by atoms with van der Waals surface area (Å²) in [6.45, 7) is 0. The van der Waals surface area contributed by atoms with Gasteiger partial charge >= 0.3 is 0 Å². The summed E-state index contributed by atoms with van der Waals surface area (Å²) in [5.74, 6) is 0. The molecule has 2 N–H and O–H groups in total. The van der Waals surface area contributed by atoms with Crippen LogP contribution in [0.15, 0.2) is 141 Å². The highest BCUT2D eigenvalue weighted by molar-refractivity contribution is 5.86. The topological polar surface area (TPSA) is 48.8 Å². The van der Waals surface area contributed by atoms with Gasteiger partial charge in [-0.15, -0.1) is 11.5 Å². The third-order valence-corrected chi connectivity index (χ3v) is 5.03. The van der Waals surface area contributed by atoms with Gasteiger partial charge in [0.2, 0.25) is 0 Å². The van der Waals surface area contributed by atoms with E-state index in [2.05, 4.69) is 22.1 Å². The van der Waals surface area contributed by atoms with E-state index < -0.39 is 0 Å². The number of para-hydroxylation sites is 4. The molecule has 1 aliphatic heterocycles. The average Bonchev–Trinajstić information content (AvgIpc) is 3.54. The first kappa shape index (κ1) is 19.3. The molecule has 0 atom stereocenters. The monoisotopic (exact) mass is 412 g/mol. The van der Waals surface area contributed by atoms with E-state index in [0.29, 0.717) is 0 Å². The third kappa shape index (κ3) is 4.28. The van der Waals surface area contributed by atoms with Crippen molar-refractivity contribution >= 4 is 35.2 Å². The quantitative estimate of drug-likeness (QED) is 0.539. The summed E-state index contributed by atoms with van der Waals surface area (Å²) >= 11 is 0. The molecule has 4 heteroatoms. The van der Waals surface area contributed by atoms with Crippen LogP contribution < -0.4 is 10.6 Å². The van der Waals surface area contributed by atoms with Crippen molar-refractivity contribution in [2.24, 2.45) is 9.98 Å². The smallest absolute Gasteiger partial charge is 0.0864 e. The molecule has 152 valence electrons. The Kier molecular flexibility index (Phi) is 5.46. The van der Waals surface area contributed by atoms with Crippen LogP contribution in [0.2, 0.25) is 0 Å². The van der Waals surface area contributed by atoms with Crippen molar-refractivity contribution in [1.82, 2.24) is 0 Å². The lowest BCUT2D eigenvalue weighted by Crippen LogP contribution is -2.03. The summed E-state index contributed by atoms with van der Waals surface area (Å²) < 4.78 is 0. The molecule has 4 nitrogen and oxygen atoms in total. The largest absolute Gasteiger partial charge is 0.353 e. The van der Waals surface area contributed by atoms with Crippen molar-refractivity contribution in [1.29, 1.82) is 0 Å². The Morgan fingerprint density at radius 1 is 0.594 bits per heavy atom. The van der Waals surface area contributed by atoms with Gasteiger partial charge in [0, 0.05) is 23.6 Å². The summed E-state index contributed by atoms with van der Waals surface area (Å²) in [4.78, 5) is 9.44. The van der Waals surface area contributed by atoms with Gasteiger partial charge < -0.3 is 10.6 Å². The van der Waals surface area contributed by atoms with Crippen LogP contribution in [0.4, 0.5) is 22.7 Å². The normalized spacial score (nSPS) is 19.5. The first-order valence-corrected chi connectivity index (χ1v) is 10.4.